The number of benzene rings is 1. The zero-order chi connectivity index (χ0) is 17.1. The molecule has 0 radical (unpaired) electrons. The average molecular weight is 347 g/mol. The van der Waals surface area contributed by atoms with Crippen LogP contribution in [0.5, 0.6) is 0 Å². The van der Waals surface area contributed by atoms with Crippen LogP contribution in [-0.4, -0.2) is 22.8 Å². The third-order valence-electron chi connectivity index (χ3n) is 4.64. The molecule has 6 nitrogen and oxygen atoms in total. The summed E-state index contributed by atoms with van der Waals surface area (Å²) < 4.78 is 5.35. The molecule has 1 unspecified atom stereocenters. The highest BCUT2D eigenvalue weighted by Crippen LogP contribution is 2.28. The summed E-state index contributed by atoms with van der Waals surface area (Å²) in [5, 5.41) is 2.99. The highest BCUT2D eigenvalue weighted by atomic mass is 32.1. The molecule has 2 aromatic rings. The number of primary amides is 1. The Labute approximate surface area is 144 Å². The minimum Gasteiger partial charge on any atom is -0.429 e. The van der Waals surface area contributed by atoms with Crippen LogP contribution >= 0.6 is 12.2 Å². The average Bonchev–Trinajstić information content (AvgIpc) is 2.93. The largest absolute Gasteiger partial charge is 0.429 e. The number of rotatable bonds is 5. The molecule has 1 aromatic carbocycles. The molecule has 0 saturated heterocycles. The molecule has 1 heterocycles. The maximum absolute atomic E-state index is 12.6. The Morgan fingerprint density at radius 2 is 2.08 bits per heavy atom. The fourth-order valence-corrected chi connectivity index (χ4v) is 3.63. The van der Waals surface area contributed by atoms with Crippen LogP contribution in [0.3, 0.4) is 0 Å². The summed E-state index contributed by atoms with van der Waals surface area (Å²) in [4.78, 5) is 27.1. The maximum Gasteiger partial charge on any atom is 0.266 e. The molecule has 0 aliphatic heterocycles. The summed E-state index contributed by atoms with van der Waals surface area (Å²) in [6.45, 7) is 0. The van der Waals surface area contributed by atoms with Crippen LogP contribution in [0.1, 0.15) is 48.9 Å². The highest BCUT2D eigenvalue weighted by molar-refractivity contribution is 7.71. The zero-order valence-corrected chi connectivity index (χ0v) is 14.2. The molecule has 1 aliphatic carbocycles. The van der Waals surface area contributed by atoms with Crippen LogP contribution in [0.2, 0.25) is 0 Å². The van der Waals surface area contributed by atoms with E-state index in [1.54, 1.807) is 18.2 Å². The second-order valence-electron chi connectivity index (χ2n) is 6.37. The first-order valence-electron chi connectivity index (χ1n) is 8.25. The van der Waals surface area contributed by atoms with E-state index in [-0.39, 0.29) is 23.2 Å². The van der Waals surface area contributed by atoms with E-state index in [0.29, 0.717) is 17.1 Å². The Balaban J connectivity index is 1.77. The second kappa shape index (κ2) is 7.17. The van der Waals surface area contributed by atoms with Gasteiger partial charge in [-0.25, -0.2) is 0 Å². The van der Waals surface area contributed by atoms with Gasteiger partial charge in [0.2, 0.25) is 5.91 Å². The molecule has 2 amide bonds. The van der Waals surface area contributed by atoms with Gasteiger partial charge in [0.05, 0.1) is 5.52 Å². The van der Waals surface area contributed by atoms with E-state index in [1.807, 2.05) is 0 Å². The van der Waals surface area contributed by atoms with E-state index in [1.165, 1.54) is 6.42 Å². The molecule has 1 saturated carbocycles. The molecular formula is C17H21N3O3S. The molecule has 3 rings (SSSR count). The lowest BCUT2D eigenvalue weighted by atomic mass is 9.82. The third kappa shape index (κ3) is 3.84. The predicted molar refractivity (Wildman–Crippen MR) is 93.0 cm³/mol. The van der Waals surface area contributed by atoms with E-state index in [9.17, 15) is 9.59 Å². The summed E-state index contributed by atoms with van der Waals surface area (Å²) >= 11 is 4.95. The van der Waals surface area contributed by atoms with Crippen LogP contribution in [0.4, 0.5) is 0 Å². The lowest BCUT2D eigenvalue weighted by molar-refractivity contribution is -0.118. The monoisotopic (exact) mass is 347 g/mol. The molecule has 24 heavy (non-hydrogen) atoms. The second-order valence-corrected chi connectivity index (χ2v) is 6.74. The van der Waals surface area contributed by atoms with E-state index < -0.39 is 5.91 Å². The van der Waals surface area contributed by atoms with Crippen molar-refractivity contribution in [3.8, 4) is 0 Å². The van der Waals surface area contributed by atoms with Gasteiger partial charge in [-0.3, -0.25) is 9.59 Å². The van der Waals surface area contributed by atoms with Gasteiger partial charge in [-0.15, -0.1) is 0 Å². The number of nitrogens with one attached hydrogen (secondary N) is 2. The minimum atomic E-state index is -0.391. The number of carbonyl (C=O) groups is 2. The Kier molecular flexibility index (Phi) is 4.99. The Morgan fingerprint density at radius 3 is 2.79 bits per heavy atom. The first kappa shape index (κ1) is 16.7. The minimum absolute atomic E-state index is 0.170. The number of nitrogens with two attached hydrogens (primary N) is 1. The molecular weight excluding hydrogens is 326 g/mol. The van der Waals surface area contributed by atoms with Crippen LogP contribution in [-0.2, 0) is 4.79 Å². The number of fused-ring (bicyclic) bond motifs is 1. The van der Waals surface area contributed by atoms with E-state index in [4.69, 9.17) is 22.4 Å². The predicted octanol–water partition coefficient (Wildman–Crippen LogP) is 3.04. The number of H-pyrrole nitrogens is 1. The fraction of sp³-hybridized carbons (Fsp3) is 0.471. The van der Waals surface area contributed by atoms with Crippen molar-refractivity contribution in [2.24, 2.45) is 11.7 Å². The number of aromatic nitrogens is 1. The van der Waals surface area contributed by atoms with Crippen LogP contribution in [0, 0.1) is 10.8 Å². The first-order valence-corrected chi connectivity index (χ1v) is 8.66. The van der Waals surface area contributed by atoms with Crippen molar-refractivity contribution < 1.29 is 14.0 Å². The van der Waals surface area contributed by atoms with Gasteiger partial charge in [-0.05, 0) is 49.2 Å². The third-order valence-corrected chi connectivity index (χ3v) is 4.83. The number of aromatic amines is 1. The van der Waals surface area contributed by atoms with Crippen molar-refractivity contribution in [3.05, 3.63) is 28.6 Å². The van der Waals surface area contributed by atoms with Crippen molar-refractivity contribution >= 4 is 35.1 Å². The Hall–Kier alpha value is -2.15. The van der Waals surface area contributed by atoms with Crippen molar-refractivity contribution in [3.63, 3.8) is 0 Å². The molecule has 1 aromatic heterocycles. The van der Waals surface area contributed by atoms with Crippen LogP contribution < -0.4 is 11.1 Å². The Morgan fingerprint density at radius 1 is 1.33 bits per heavy atom. The van der Waals surface area contributed by atoms with E-state index in [0.717, 1.165) is 31.2 Å². The standard InChI is InChI=1S/C17H21N3O3S/c18-15(21)9-13(10-4-2-1-3-5-10)19-16(22)11-6-7-12-14(8-11)23-17(24)20-12/h6-8,10,13H,1-5,9H2,(H2,18,21)(H,19,22)(H,20,24). The SMILES string of the molecule is NC(=O)CC(NC(=O)c1ccc2[nH]c(=S)oc2c1)C1CCCCC1. The lowest BCUT2D eigenvalue weighted by Crippen LogP contribution is -2.43. The summed E-state index contributed by atoms with van der Waals surface area (Å²) in [6, 6.07) is 4.90. The number of oxazole rings is 1. The van der Waals surface area contributed by atoms with Crippen molar-refractivity contribution in [1.29, 1.82) is 0 Å². The molecule has 128 valence electrons. The number of carbonyl (C=O) groups excluding carboxylic acids is 2. The normalized spacial score (nSPS) is 16.8. The van der Waals surface area contributed by atoms with Gasteiger partial charge in [0, 0.05) is 18.0 Å². The summed E-state index contributed by atoms with van der Waals surface area (Å²) in [5.74, 6) is -0.316. The van der Waals surface area contributed by atoms with Crippen molar-refractivity contribution in [2.75, 3.05) is 0 Å². The van der Waals surface area contributed by atoms with E-state index >= 15 is 0 Å². The smallest absolute Gasteiger partial charge is 0.266 e. The molecule has 1 aliphatic rings. The van der Waals surface area contributed by atoms with Gasteiger partial charge >= 0.3 is 0 Å². The molecule has 4 N–H and O–H groups in total. The highest BCUT2D eigenvalue weighted by Gasteiger charge is 2.27. The van der Waals surface area contributed by atoms with E-state index in [2.05, 4.69) is 10.3 Å². The van der Waals surface area contributed by atoms with Gasteiger partial charge in [-0.2, -0.15) is 0 Å². The number of hydrogen-bond acceptors (Lipinski definition) is 4. The lowest BCUT2D eigenvalue weighted by Gasteiger charge is -2.30. The summed E-state index contributed by atoms with van der Waals surface area (Å²) in [6.07, 6.45) is 5.68. The van der Waals surface area contributed by atoms with Crippen LogP contribution in [0.15, 0.2) is 22.6 Å². The van der Waals surface area contributed by atoms with Crippen molar-refractivity contribution in [1.82, 2.24) is 10.3 Å². The zero-order valence-electron chi connectivity index (χ0n) is 13.3. The van der Waals surface area contributed by atoms with Gasteiger partial charge in [0.25, 0.3) is 10.7 Å². The molecule has 0 spiro atoms. The van der Waals surface area contributed by atoms with Crippen molar-refractivity contribution in [2.45, 2.75) is 44.6 Å². The van der Waals surface area contributed by atoms with Gasteiger partial charge in [0.15, 0.2) is 5.58 Å². The number of amides is 2. The van der Waals surface area contributed by atoms with Gasteiger partial charge in [0.1, 0.15) is 0 Å². The molecule has 1 fully saturated rings. The molecule has 7 heteroatoms. The topological polar surface area (TPSA) is 101 Å². The molecule has 0 bridgehead atoms. The van der Waals surface area contributed by atoms with Gasteiger partial charge in [-0.1, -0.05) is 19.3 Å². The maximum atomic E-state index is 12.6. The summed E-state index contributed by atoms with van der Waals surface area (Å²) in [7, 11) is 0. The van der Waals surface area contributed by atoms with Gasteiger partial charge < -0.3 is 20.5 Å². The Bertz CT molecular complexity index is 805. The quantitative estimate of drug-likeness (QED) is 0.724. The summed E-state index contributed by atoms with van der Waals surface area (Å²) in [5.41, 5.74) is 7.13. The first-order chi connectivity index (χ1) is 11.5. The molecule has 1 atom stereocenters. The van der Waals surface area contributed by atoms with Crippen LogP contribution in [0.25, 0.3) is 11.1 Å². The fourth-order valence-electron chi connectivity index (χ4n) is 3.43. The number of hydrogen-bond donors (Lipinski definition) is 3.